The Balaban J connectivity index is 1.64. The second-order valence-electron chi connectivity index (χ2n) is 7.62. The minimum Gasteiger partial charge on any atom is -0.496 e. The van der Waals surface area contributed by atoms with Gasteiger partial charge in [-0.25, -0.2) is 0 Å². The molecule has 3 rings (SSSR count). The Kier molecular flexibility index (Phi) is 7.85. The van der Waals surface area contributed by atoms with Gasteiger partial charge >= 0.3 is 0 Å². The molecule has 1 aliphatic rings. The molecular weight excluding hydrogens is 380 g/mol. The third-order valence-corrected chi connectivity index (χ3v) is 5.69. The molecule has 1 saturated heterocycles. The molecule has 1 aliphatic heterocycles. The summed E-state index contributed by atoms with van der Waals surface area (Å²) in [6.45, 7) is 2.68. The van der Waals surface area contributed by atoms with Crippen LogP contribution >= 0.6 is 0 Å². The van der Waals surface area contributed by atoms with Gasteiger partial charge in [0.1, 0.15) is 12.0 Å². The Bertz CT molecular complexity index is 829. The van der Waals surface area contributed by atoms with Crippen LogP contribution in [0, 0.1) is 5.92 Å². The maximum atomic E-state index is 13.3. The lowest BCUT2D eigenvalue weighted by molar-refractivity contribution is -0.137. The number of carbonyl (C=O) groups is 2. The first-order valence-corrected chi connectivity index (χ1v) is 10.5. The SMILES string of the molecule is COc1ccccc1CN(CCCO)C(=O)C1CCN(c2ccc(C=O)cc2)CC1. The number of carbonyl (C=O) groups excluding carboxylic acids is 2. The van der Waals surface area contributed by atoms with Gasteiger partial charge in [-0.2, -0.15) is 0 Å². The first-order valence-electron chi connectivity index (χ1n) is 10.5. The molecule has 0 spiro atoms. The number of aldehydes is 1. The maximum Gasteiger partial charge on any atom is 0.226 e. The molecular formula is C24H30N2O4. The van der Waals surface area contributed by atoms with E-state index in [1.165, 1.54) is 0 Å². The third-order valence-electron chi connectivity index (χ3n) is 5.69. The third kappa shape index (κ3) is 5.39. The number of anilines is 1. The van der Waals surface area contributed by atoms with Gasteiger partial charge in [-0.1, -0.05) is 18.2 Å². The molecule has 0 unspecified atom stereocenters. The van der Waals surface area contributed by atoms with E-state index >= 15 is 0 Å². The zero-order chi connectivity index (χ0) is 21.3. The van der Waals surface area contributed by atoms with Crippen LogP contribution in [0.25, 0.3) is 0 Å². The topological polar surface area (TPSA) is 70.1 Å². The minimum atomic E-state index is -0.0242. The highest BCUT2D eigenvalue weighted by molar-refractivity contribution is 5.79. The number of methoxy groups -OCH3 is 1. The van der Waals surface area contributed by atoms with E-state index < -0.39 is 0 Å². The van der Waals surface area contributed by atoms with Gasteiger partial charge in [0.15, 0.2) is 0 Å². The van der Waals surface area contributed by atoms with Gasteiger partial charge in [0, 0.05) is 55.5 Å². The van der Waals surface area contributed by atoms with Gasteiger partial charge in [0.05, 0.1) is 7.11 Å². The summed E-state index contributed by atoms with van der Waals surface area (Å²) in [5.74, 6) is 0.891. The molecule has 0 aromatic heterocycles. The quantitative estimate of drug-likeness (QED) is 0.643. The van der Waals surface area contributed by atoms with E-state index in [2.05, 4.69) is 4.90 Å². The minimum absolute atomic E-state index is 0.0242. The first-order chi connectivity index (χ1) is 14.7. The Morgan fingerprint density at radius 3 is 2.50 bits per heavy atom. The second kappa shape index (κ2) is 10.8. The zero-order valence-corrected chi connectivity index (χ0v) is 17.5. The van der Waals surface area contributed by atoms with Crippen LogP contribution in [0.5, 0.6) is 5.75 Å². The standard InChI is InChI=1S/C24H30N2O4/c1-30-23-6-3-2-5-21(23)17-26(13-4-16-27)24(29)20-11-14-25(15-12-20)22-9-7-19(18-28)8-10-22/h2-3,5-10,18,20,27H,4,11-17H2,1H3. The molecule has 160 valence electrons. The lowest BCUT2D eigenvalue weighted by atomic mass is 9.94. The highest BCUT2D eigenvalue weighted by Crippen LogP contribution is 2.26. The van der Waals surface area contributed by atoms with E-state index in [0.29, 0.717) is 25.1 Å². The number of aliphatic hydroxyl groups excluding tert-OH is 1. The molecule has 0 saturated carbocycles. The Morgan fingerprint density at radius 1 is 1.17 bits per heavy atom. The molecule has 1 N–H and O–H groups in total. The van der Waals surface area contributed by atoms with E-state index in [-0.39, 0.29) is 18.4 Å². The number of amides is 1. The second-order valence-corrected chi connectivity index (χ2v) is 7.62. The molecule has 1 amide bonds. The van der Waals surface area contributed by atoms with Gasteiger partial charge in [-0.3, -0.25) is 9.59 Å². The number of hydrogen-bond donors (Lipinski definition) is 1. The van der Waals surface area contributed by atoms with Crippen molar-refractivity contribution in [2.24, 2.45) is 5.92 Å². The van der Waals surface area contributed by atoms with Gasteiger partial charge in [-0.05, 0) is 49.6 Å². The molecule has 6 nitrogen and oxygen atoms in total. The molecule has 0 aliphatic carbocycles. The predicted molar refractivity (Wildman–Crippen MR) is 117 cm³/mol. The highest BCUT2D eigenvalue weighted by Gasteiger charge is 2.29. The molecule has 1 heterocycles. The lowest BCUT2D eigenvalue weighted by Gasteiger charge is -2.35. The Hall–Kier alpha value is -2.86. The summed E-state index contributed by atoms with van der Waals surface area (Å²) >= 11 is 0. The van der Waals surface area contributed by atoms with Crippen molar-refractivity contribution in [1.29, 1.82) is 0 Å². The molecule has 1 fully saturated rings. The molecule has 2 aromatic carbocycles. The Labute approximate surface area is 178 Å². The van der Waals surface area contributed by atoms with Crippen molar-refractivity contribution in [2.45, 2.75) is 25.8 Å². The number of nitrogens with zero attached hydrogens (tertiary/aromatic N) is 2. The van der Waals surface area contributed by atoms with Crippen LogP contribution in [-0.4, -0.2) is 55.6 Å². The number of piperidine rings is 1. The summed E-state index contributed by atoms with van der Waals surface area (Å²) < 4.78 is 5.44. The van der Waals surface area contributed by atoms with E-state index in [9.17, 15) is 14.7 Å². The summed E-state index contributed by atoms with van der Waals surface area (Å²) in [4.78, 5) is 28.2. The average Bonchev–Trinajstić information content (AvgIpc) is 2.81. The summed E-state index contributed by atoms with van der Waals surface area (Å²) in [6.07, 6.45) is 2.98. The van der Waals surface area contributed by atoms with Crippen molar-refractivity contribution >= 4 is 17.9 Å². The van der Waals surface area contributed by atoms with Crippen molar-refractivity contribution < 1.29 is 19.4 Å². The van der Waals surface area contributed by atoms with Crippen LogP contribution < -0.4 is 9.64 Å². The number of para-hydroxylation sites is 1. The van der Waals surface area contributed by atoms with E-state index in [1.54, 1.807) is 7.11 Å². The number of aliphatic hydroxyl groups is 1. The van der Waals surface area contributed by atoms with Crippen LogP contribution in [-0.2, 0) is 11.3 Å². The molecule has 6 heteroatoms. The van der Waals surface area contributed by atoms with Gasteiger partial charge in [-0.15, -0.1) is 0 Å². The van der Waals surface area contributed by atoms with Gasteiger partial charge in [0.25, 0.3) is 0 Å². The van der Waals surface area contributed by atoms with Crippen molar-refractivity contribution in [3.63, 3.8) is 0 Å². The normalized spacial score (nSPS) is 14.4. The van der Waals surface area contributed by atoms with Gasteiger partial charge < -0.3 is 19.6 Å². The molecule has 0 atom stereocenters. The largest absolute Gasteiger partial charge is 0.496 e. The van der Waals surface area contributed by atoms with E-state index in [1.807, 2.05) is 53.4 Å². The number of ether oxygens (including phenoxy) is 1. The summed E-state index contributed by atoms with van der Waals surface area (Å²) in [5, 5.41) is 9.28. The fourth-order valence-electron chi connectivity index (χ4n) is 3.97. The highest BCUT2D eigenvalue weighted by atomic mass is 16.5. The average molecular weight is 411 g/mol. The van der Waals surface area contributed by atoms with Crippen molar-refractivity contribution in [2.75, 3.05) is 38.3 Å². The molecule has 0 radical (unpaired) electrons. The van der Waals surface area contributed by atoms with Crippen molar-refractivity contribution in [1.82, 2.24) is 4.90 Å². The van der Waals surface area contributed by atoms with Crippen molar-refractivity contribution in [3.05, 3.63) is 59.7 Å². The Morgan fingerprint density at radius 2 is 1.87 bits per heavy atom. The van der Waals surface area contributed by atoms with Crippen LogP contribution in [0.15, 0.2) is 48.5 Å². The number of benzene rings is 2. The first kappa shape index (κ1) is 21.8. The monoisotopic (exact) mass is 410 g/mol. The van der Waals surface area contributed by atoms with Crippen LogP contribution in [0.3, 0.4) is 0 Å². The van der Waals surface area contributed by atoms with Crippen LogP contribution in [0.4, 0.5) is 5.69 Å². The van der Waals surface area contributed by atoms with E-state index in [0.717, 1.165) is 49.2 Å². The fourth-order valence-corrected chi connectivity index (χ4v) is 3.97. The van der Waals surface area contributed by atoms with Crippen LogP contribution in [0.2, 0.25) is 0 Å². The predicted octanol–water partition coefficient (Wildman–Crippen LogP) is 3.14. The maximum absolute atomic E-state index is 13.3. The van der Waals surface area contributed by atoms with Crippen molar-refractivity contribution in [3.8, 4) is 5.75 Å². The van der Waals surface area contributed by atoms with Gasteiger partial charge in [0.2, 0.25) is 5.91 Å². The number of hydrogen-bond acceptors (Lipinski definition) is 5. The smallest absolute Gasteiger partial charge is 0.226 e. The summed E-state index contributed by atoms with van der Waals surface area (Å²) in [5.41, 5.74) is 2.72. The zero-order valence-electron chi connectivity index (χ0n) is 17.5. The fraction of sp³-hybridized carbons (Fsp3) is 0.417. The summed E-state index contributed by atoms with van der Waals surface area (Å²) in [6, 6.07) is 15.3. The summed E-state index contributed by atoms with van der Waals surface area (Å²) in [7, 11) is 1.63. The lowest BCUT2D eigenvalue weighted by Crippen LogP contribution is -2.43. The van der Waals surface area contributed by atoms with Crippen LogP contribution in [0.1, 0.15) is 35.2 Å². The van der Waals surface area contributed by atoms with E-state index in [4.69, 9.17) is 4.74 Å². The molecule has 30 heavy (non-hydrogen) atoms. The number of rotatable bonds is 9. The molecule has 2 aromatic rings. The molecule has 0 bridgehead atoms.